The molecule has 3 aromatic rings. The van der Waals surface area contributed by atoms with E-state index < -0.39 is 10.0 Å². The van der Waals surface area contributed by atoms with Gasteiger partial charge < -0.3 is 4.90 Å². The number of hydrogen-bond donors (Lipinski definition) is 0. The highest BCUT2D eigenvalue weighted by Gasteiger charge is 2.24. The minimum absolute atomic E-state index is 0.156. The molecule has 2 aromatic heterocycles. The lowest BCUT2D eigenvalue weighted by atomic mass is 10.2. The van der Waals surface area contributed by atoms with Gasteiger partial charge in [-0.1, -0.05) is 32.0 Å². The van der Waals surface area contributed by atoms with E-state index in [4.69, 9.17) is 0 Å². The molecule has 2 heterocycles. The fraction of sp³-hybridized carbons (Fsp3) is 0.318. The van der Waals surface area contributed by atoms with Crippen molar-refractivity contribution in [3.8, 4) is 0 Å². The van der Waals surface area contributed by atoms with Crippen LogP contribution in [0.1, 0.15) is 34.0 Å². The molecule has 0 atom stereocenters. The second-order valence-electron chi connectivity index (χ2n) is 6.75. The van der Waals surface area contributed by atoms with Crippen LogP contribution >= 0.6 is 22.7 Å². The second kappa shape index (κ2) is 10.3. The van der Waals surface area contributed by atoms with Gasteiger partial charge in [-0.25, -0.2) is 8.42 Å². The maximum Gasteiger partial charge on any atom is 0.254 e. The third-order valence-electron chi connectivity index (χ3n) is 4.85. The van der Waals surface area contributed by atoms with Gasteiger partial charge in [0.25, 0.3) is 5.91 Å². The summed E-state index contributed by atoms with van der Waals surface area (Å²) in [5.41, 5.74) is 0.394. The van der Waals surface area contributed by atoms with E-state index in [-0.39, 0.29) is 10.8 Å². The van der Waals surface area contributed by atoms with Crippen LogP contribution in [0.3, 0.4) is 0 Å². The van der Waals surface area contributed by atoms with Crippen molar-refractivity contribution in [3.63, 3.8) is 0 Å². The number of benzene rings is 1. The molecule has 0 aliphatic rings. The Morgan fingerprint density at radius 1 is 0.933 bits per heavy atom. The van der Waals surface area contributed by atoms with Crippen molar-refractivity contribution in [1.82, 2.24) is 9.21 Å². The molecule has 3 rings (SSSR count). The van der Waals surface area contributed by atoms with E-state index in [0.29, 0.717) is 31.7 Å². The van der Waals surface area contributed by atoms with Crippen LogP contribution in [0.4, 0.5) is 0 Å². The fourth-order valence-electron chi connectivity index (χ4n) is 3.23. The minimum atomic E-state index is -3.61. The summed E-state index contributed by atoms with van der Waals surface area (Å²) in [5, 5.41) is 4.02. The molecular formula is C22H26N2O3S3. The molecule has 0 bridgehead atoms. The third kappa shape index (κ3) is 5.37. The van der Waals surface area contributed by atoms with Crippen LogP contribution in [0.2, 0.25) is 0 Å². The van der Waals surface area contributed by atoms with Crippen molar-refractivity contribution < 1.29 is 13.2 Å². The van der Waals surface area contributed by atoms with Crippen LogP contribution in [0, 0.1) is 0 Å². The molecule has 8 heteroatoms. The number of amides is 1. The summed E-state index contributed by atoms with van der Waals surface area (Å²) in [6.45, 7) is 5.48. The van der Waals surface area contributed by atoms with Crippen LogP contribution in [0.25, 0.3) is 0 Å². The molecule has 0 fully saturated rings. The minimum Gasteiger partial charge on any atom is -0.333 e. The van der Waals surface area contributed by atoms with Gasteiger partial charge in [0.1, 0.15) is 0 Å². The van der Waals surface area contributed by atoms with E-state index in [1.54, 1.807) is 45.8 Å². The van der Waals surface area contributed by atoms with E-state index in [1.807, 2.05) is 42.8 Å². The zero-order chi connectivity index (χ0) is 21.6. The molecule has 0 saturated heterocycles. The van der Waals surface area contributed by atoms with Crippen LogP contribution in [-0.4, -0.2) is 43.2 Å². The molecule has 0 saturated carbocycles. The lowest BCUT2D eigenvalue weighted by Gasteiger charge is -2.23. The topological polar surface area (TPSA) is 57.7 Å². The van der Waals surface area contributed by atoms with Crippen LogP contribution in [-0.2, 0) is 23.0 Å². The quantitative estimate of drug-likeness (QED) is 0.438. The highest BCUT2D eigenvalue weighted by molar-refractivity contribution is 7.89. The first-order chi connectivity index (χ1) is 14.5. The number of carbonyl (C=O) groups excluding carboxylic acids is 1. The molecule has 0 aliphatic heterocycles. The van der Waals surface area contributed by atoms with Gasteiger partial charge in [0, 0.05) is 35.0 Å². The zero-order valence-corrected chi connectivity index (χ0v) is 19.6. The number of rotatable bonds is 10. The fourth-order valence-corrected chi connectivity index (χ4v) is 6.15. The molecule has 30 heavy (non-hydrogen) atoms. The highest BCUT2D eigenvalue weighted by atomic mass is 32.2. The van der Waals surface area contributed by atoms with E-state index in [2.05, 4.69) is 6.07 Å². The Kier molecular flexibility index (Phi) is 7.82. The first kappa shape index (κ1) is 22.7. The maximum atomic E-state index is 13.3. The Balaban J connectivity index is 1.86. The highest BCUT2D eigenvalue weighted by Crippen LogP contribution is 2.20. The molecule has 0 aliphatic carbocycles. The van der Waals surface area contributed by atoms with Crippen LogP contribution < -0.4 is 0 Å². The maximum absolute atomic E-state index is 13.3. The van der Waals surface area contributed by atoms with E-state index >= 15 is 0 Å². The Bertz CT molecular complexity index is 1040. The van der Waals surface area contributed by atoms with Crippen molar-refractivity contribution >= 4 is 38.6 Å². The lowest BCUT2D eigenvalue weighted by Crippen LogP contribution is -2.33. The van der Waals surface area contributed by atoms with Gasteiger partial charge >= 0.3 is 0 Å². The standard InChI is InChI=1S/C22H26N2O3S3/c1-3-24(4-2)30(26,27)21-11-5-8-18(16-21)22(25)23(17-20-10-7-15-29-20)13-12-19-9-6-14-28-19/h5-11,14-16H,3-4,12-13,17H2,1-2H3. The van der Waals surface area contributed by atoms with Crippen molar-refractivity contribution in [1.29, 1.82) is 0 Å². The molecule has 5 nitrogen and oxygen atoms in total. The van der Waals surface area contributed by atoms with E-state index in [1.165, 1.54) is 15.2 Å². The van der Waals surface area contributed by atoms with Crippen molar-refractivity contribution in [2.75, 3.05) is 19.6 Å². The number of carbonyl (C=O) groups is 1. The summed E-state index contributed by atoms with van der Waals surface area (Å²) in [7, 11) is -3.61. The summed E-state index contributed by atoms with van der Waals surface area (Å²) < 4.78 is 27.2. The van der Waals surface area contributed by atoms with E-state index in [9.17, 15) is 13.2 Å². The predicted molar refractivity (Wildman–Crippen MR) is 124 cm³/mol. The van der Waals surface area contributed by atoms with Gasteiger partial charge in [-0.2, -0.15) is 4.31 Å². The summed E-state index contributed by atoms with van der Waals surface area (Å²) in [6, 6.07) is 14.4. The molecule has 0 spiro atoms. The van der Waals surface area contributed by atoms with Gasteiger partial charge in [-0.3, -0.25) is 4.79 Å². The smallest absolute Gasteiger partial charge is 0.254 e. The Morgan fingerprint density at radius 2 is 1.60 bits per heavy atom. The molecule has 0 N–H and O–H groups in total. The third-order valence-corrected chi connectivity index (χ3v) is 8.69. The Hall–Kier alpha value is -2.00. The number of sulfonamides is 1. The molecular weight excluding hydrogens is 436 g/mol. The summed E-state index contributed by atoms with van der Waals surface area (Å²) in [4.78, 5) is 17.6. The molecule has 1 aromatic carbocycles. The number of hydrogen-bond acceptors (Lipinski definition) is 5. The van der Waals surface area contributed by atoms with Crippen molar-refractivity contribution in [3.05, 3.63) is 74.6 Å². The van der Waals surface area contributed by atoms with Crippen molar-refractivity contribution in [2.24, 2.45) is 0 Å². The SMILES string of the molecule is CCN(CC)S(=O)(=O)c1cccc(C(=O)N(CCc2cccs2)Cc2cccs2)c1. The monoisotopic (exact) mass is 462 g/mol. The number of nitrogens with zero attached hydrogens (tertiary/aromatic N) is 2. The van der Waals surface area contributed by atoms with Gasteiger partial charge in [0.2, 0.25) is 10.0 Å². The Labute approximate surface area is 186 Å². The zero-order valence-electron chi connectivity index (χ0n) is 17.2. The summed E-state index contributed by atoms with van der Waals surface area (Å²) >= 11 is 3.28. The summed E-state index contributed by atoms with van der Waals surface area (Å²) in [6.07, 6.45) is 0.770. The first-order valence-corrected chi connectivity index (χ1v) is 13.1. The first-order valence-electron chi connectivity index (χ1n) is 9.90. The molecule has 160 valence electrons. The van der Waals surface area contributed by atoms with Gasteiger partial charge in [-0.05, 0) is 47.5 Å². The van der Waals surface area contributed by atoms with E-state index in [0.717, 1.165) is 11.3 Å². The Morgan fingerprint density at radius 3 is 2.20 bits per heavy atom. The normalized spacial score (nSPS) is 11.7. The summed E-state index contributed by atoms with van der Waals surface area (Å²) in [5.74, 6) is -0.156. The van der Waals surface area contributed by atoms with Crippen molar-refractivity contribution in [2.45, 2.75) is 31.7 Å². The average Bonchev–Trinajstić information content (AvgIpc) is 3.45. The van der Waals surface area contributed by atoms with Gasteiger partial charge in [-0.15, -0.1) is 22.7 Å². The molecule has 1 amide bonds. The van der Waals surface area contributed by atoms with Crippen LogP contribution in [0.15, 0.2) is 64.2 Å². The average molecular weight is 463 g/mol. The molecule has 0 radical (unpaired) electrons. The van der Waals surface area contributed by atoms with Gasteiger partial charge in [0.05, 0.1) is 11.4 Å². The largest absolute Gasteiger partial charge is 0.333 e. The van der Waals surface area contributed by atoms with Gasteiger partial charge in [0.15, 0.2) is 0 Å². The second-order valence-corrected chi connectivity index (χ2v) is 10.8. The number of thiophene rings is 2. The molecule has 0 unspecified atom stereocenters. The van der Waals surface area contributed by atoms with Crippen LogP contribution in [0.5, 0.6) is 0 Å². The lowest BCUT2D eigenvalue weighted by molar-refractivity contribution is 0.0747. The predicted octanol–water partition coefficient (Wildman–Crippen LogP) is 4.73.